The second-order valence-electron chi connectivity index (χ2n) is 18.2. The second-order valence-corrected chi connectivity index (χ2v) is 18.2. The minimum absolute atomic E-state index is 0.0290. The fourth-order valence-corrected chi connectivity index (χ4v) is 8.20. The van der Waals surface area contributed by atoms with E-state index in [9.17, 15) is 34.2 Å². The normalized spacial score (nSPS) is 27.4. The van der Waals surface area contributed by atoms with Crippen LogP contribution in [0.15, 0.2) is 23.8 Å². The second kappa shape index (κ2) is 48.8. The first-order chi connectivity index (χ1) is 33.3. The lowest BCUT2D eigenvalue weighted by atomic mass is 9.81. The number of methoxy groups -OCH3 is 2. The molecule has 1 aliphatic carbocycles. The van der Waals surface area contributed by atoms with Gasteiger partial charge in [-0.25, -0.2) is 0 Å². The summed E-state index contributed by atoms with van der Waals surface area (Å²) in [5, 5.41) is 20.0. The zero-order chi connectivity index (χ0) is 55.5. The van der Waals surface area contributed by atoms with E-state index < -0.39 is 36.6 Å². The van der Waals surface area contributed by atoms with Gasteiger partial charge in [-0.15, -0.1) is 0 Å². The number of nitrogens with zero attached hydrogens (tertiary/aromatic N) is 1. The Hall–Kier alpha value is -2.49. The molecule has 2 rings (SSSR count). The van der Waals surface area contributed by atoms with Gasteiger partial charge in [0.1, 0.15) is 30.7 Å². The smallest absolute Gasteiger partial charge is 0.160 e. The third kappa shape index (κ3) is 34.0. The quantitative estimate of drug-likeness (QED) is 0.0981. The molecule has 0 radical (unpaired) electrons. The fraction of sp³-hybridized carbons (Fsp3) is 0.842. The molecule has 14 atom stereocenters. The lowest BCUT2D eigenvalue weighted by Gasteiger charge is -2.38. The molecular formula is C57H111NO12. The summed E-state index contributed by atoms with van der Waals surface area (Å²) < 4.78 is 27.8. The van der Waals surface area contributed by atoms with Crippen LogP contribution in [0.25, 0.3) is 0 Å². The van der Waals surface area contributed by atoms with Gasteiger partial charge in [-0.1, -0.05) is 121 Å². The Balaban J connectivity index is -0.000000372. The molecule has 1 aliphatic heterocycles. The molecule has 70 heavy (non-hydrogen) atoms. The van der Waals surface area contributed by atoms with Crippen molar-refractivity contribution in [2.24, 2.45) is 41.4 Å². The summed E-state index contributed by atoms with van der Waals surface area (Å²) in [4.78, 5) is 61.0. The maximum atomic E-state index is 13.0. The van der Waals surface area contributed by atoms with E-state index in [0.29, 0.717) is 63.6 Å². The van der Waals surface area contributed by atoms with Crippen molar-refractivity contribution < 1.29 is 57.9 Å². The minimum Gasteiger partial charge on any atom is -0.393 e. The summed E-state index contributed by atoms with van der Waals surface area (Å²) in [5.41, 5.74) is 0.943. The number of likely N-dealkylation sites (N-methyl/N-ethyl adjacent to an activating group) is 1. The number of rotatable bonds is 18. The summed E-state index contributed by atoms with van der Waals surface area (Å²) in [6.07, 6.45) is 11.3. The predicted molar refractivity (Wildman–Crippen MR) is 289 cm³/mol. The Labute approximate surface area is 430 Å². The molecule has 2 N–H and O–H groups in total. The standard InChI is InChI=1S/C31H50O7.C16H31NO4.C2H6O.4C2H6/c1-7-25-17-27(33)10-8-20(2)14-24(12-13-32)16-22(4)28(34)11-9-21(3)15-26(25)19-37-30-18-29(36-6)31(35)23(5)38-30;1-7-11(2)16(15(17(5)6)8-12(3)20)21-13(4)14(9-18)10-19;1-3-2;4*1-2/h9,11,13,15,20,22-26,29-31,35H,7-8,10,12,14,16-19H2,1-6H3;9-16,20H,7-8H2,1-6H3;1-2H3;4*1-2H3/b11-9+,21-15+;;;;;;/t20-,22+,23+,24+,25-,26+,29-,30+,31+;11-,12+,13?,15+,16+;;;;;/m00...../s1. The summed E-state index contributed by atoms with van der Waals surface area (Å²) in [6.45, 7) is 34.0. The molecular weight excluding hydrogens is 891 g/mol. The van der Waals surface area contributed by atoms with Gasteiger partial charge in [0, 0.05) is 64.9 Å². The number of ether oxygens (including phenoxy) is 5. The fourth-order valence-electron chi connectivity index (χ4n) is 8.20. The van der Waals surface area contributed by atoms with E-state index in [1.54, 1.807) is 48.2 Å². The number of ketones is 2. The van der Waals surface area contributed by atoms with Crippen molar-refractivity contribution in [1.82, 2.24) is 4.90 Å². The Kier molecular flexibility index (Phi) is 53.2. The molecule has 0 aromatic heterocycles. The molecule has 13 nitrogen and oxygen atoms in total. The van der Waals surface area contributed by atoms with Crippen LogP contribution in [0.1, 0.15) is 182 Å². The van der Waals surface area contributed by atoms with Gasteiger partial charge in [-0.2, -0.15) is 0 Å². The van der Waals surface area contributed by atoms with Crippen molar-refractivity contribution >= 4 is 30.4 Å². The maximum absolute atomic E-state index is 13.0. The number of aliphatic hydroxyl groups is 2. The highest BCUT2D eigenvalue weighted by Crippen LogP contribution is 2.31. The molecule has 1 unspecified atom stereocenters. The van der Waals surface area contributed by atoms with E-state index in [2.05, 4.69) is 38.5 Å². The number of carbonyl (C=O) groups excluding carboxylic acids is 5. The van der Waals surface area contributed by atoms with Crippen LogP contribution >= 0.6 is 0 Å². The zero-order valence-electron chi connectivity index (χ0n) is 48.8. The number of aliphatic hydroxyl groups excluding tert-OH is 2. The molecule has 13 heteroatoms. The molecule has 1 saturated heterocycles. The average molecular weight is 1000 g/mol. The van der Waals surface area contributed by atoms with Crippen LogP contribution in [0.2, 0.25) is 0 Å². The van der Waals surface area contributed by atoms with Crippen LogP contribution in [0.5, 0.6) is 0 Å². The first-order valence-electron chi connectivity index (χ1n) is 26.9. The number of carbonyl (C=O) groups is 5. The van der Waals surface area contributed by atoms with E-state index in [-0.39, 0.29) is 59.4 Å². The van der Waals surface area contributed by atoms with Crippen LogP contribution in [0.3, 0.4) is 0 Å². The van der Waals surface area contributed by atoms with E-state index in [1.165, 1.54) is 0 Å². The number of hydrogen-bond acceptors (Lipinski definition) is 13. The highest BCUT2D eigenvalue weighted by Gasteiger charge is 2.37. The van der Waals surface area contributed by atoms with Gasteiger partial charge >= 0.3 is 0 Å². The van der Waals surface area contributed by atoms with Gasteiger partial charge in [0.2, 0.25) is 0 Å². The summed E-state index contributed by atoms with van der Waals surface area (Å²) in [5.74, 6) is 0.200. The van der Waals surface area contributed by atoms with Crippen LogP contribution < -0.4 is 0 Å². The topological polar surface area (TPSA) is 175 Å². The predicted octanol–water partition coefficient (Wildman–Crippen LogP) is 11.1. The molecule has 0 aromatic carbocycles. The molecule has 0 saturated carbocycles. The average Bonchev–Trinajstić information content (AvgIpc) is 3.35. The molecule has 0 bridgehead atoms. The number of Topliss-reactive ketones (excluding diaryl/α,β-unsaturated/α-hetero) is 1. The van der Waals surface area contributed by atoms with Gasteiger partial charge in [0.25, 0.3) is 0 Å². The summed E-state index contributed by atoms with van der Waals surface area (Å²) >= 11 is 0. The van der Waals surface area contributed by atoms with Crippen LogP contribution in [-0.4, -0.2) is 137 Å². The van der Waals surface area contributed by atoms with Gasteiger partial charge in [0.15, 0.2) is 12.1 Å². The van der Waals surface area contributed by atoms with Crippen LogP contribution in [0, 0.1) is 41.4 Å². The Morgan fingerprint density at radius 2 is 1.43 bits per heavy atom. The number of hydrogen-bond donors (Lipinski definition) is 2. The summed E-state index contributed by atoms with van der Waals surface area (Å²) in [6, 6.07) is 0.0290. The first-order valence-corrected chi connectivity index (χ1v) is 26.9. The maximum Gasteiger partial charge on any atom is 0.160 e. The highest BCUT2D eigenvalue weighted by atomic mass is 16.7. The highest BCUT2D eigenvalue weighted by molar-refractivity contribution is 5.91. The third-order valence-electron chi connectivity index (χ3n) is 12.3. The van der Waals surface area contributed by atoms with Crippen molar-refractivity contribution in [2.75, 3.05) is 42.0 Å². The van der Waals surface area contributed by atoms with Gasteiger partial charge in [-0.05, 0) is 97.2 Å². The molecule has 1 fully saturated rings. The number of allylic oxidation sites excluding steroid dienone is 3. The van der Waals surface area contributed by atoms with Crippen molar-refractivity contribution in [1.29, 1.82) is 0 Å². The monoisotopic (exact) mass is 1000 g/mol. The first kappa shape index (κ1) is 76.4. The molecule has 2 aliphatic rings. The Morgan fingerprint density at radius 1 is 0.871 bits per heavy atom. The molecule has 0 spiro atoms. The van der Waals surface area contributed by atoms with Gasteiger partial charge < -0.3 is 53.2 Å². The van der Waals surface area contributed by atoms with Crippen molar-refractivity contribution in [3.63, 3.8) is 0 Å². The molecule has 1 heterocycles. The van der Waals surface area contributed by atoms with Crippen molar-refractivity contribution in [3.05, 3.63) is 23.8 Å². The largest absolute Gasteiger partial charge is 0.393 e. The number of aldehydes is 3. The van der Waals surface area contributed by atoms with Crippen molar-refractivity contribution in [3.8, 4) is 0 Å². The van der Waals surface area contributed by atoms with E-state index >= 15 is 0 Å². The molecule has 0 aromatic rings. The molecule has 416 valence electrons. The van der Waals surface area contributed by atoms with Gasteiger partial charge in [0.05, 0.1) is 43.0 Å². The zero-order valence-corrected chi connectivity index (χ0v) is 48.8. The minimum atomic E-state index is -0.745. The Morgan fingerprint density at radius 3 is 1.89 bits per heavy atom. The van der Waals surface area contributed by atoms with Gasteiger partial charge in [-0.3, -0.25) is 9.59 Å². The third-order valence-corrected chi connectivity index (χ3v) is 12.3. The van der Waals surface area contributed by atoms with E-state index in [4.69, 9.17) is 18.9 Å². The lowest BCUT2D eigenvalue weighted by molar-refractivity contribution is -0.252. The summed E-state index contributed by atoms with van der Waals surface area (Å²) in [7, 11) is 8.73. The Bertz CT molecular complexity index is 1310. The van der Waals surface area contributed by atoms with Crippen LogP contribution in [-0.2, 0) is 47.7 Å². The SMILES string of the molecule is CC.CC.CC.CC.CC[C@H](C)[C@@H](OC(C)C(C=O)C=O)[C@@H](C[C@@H](C)O)N(C)C.CC[C@H]1CC(=O)CC[C@H](C)C[C@@H](CC=O)C[C@@H](C)C(=O)/C=C/C(C)=C/[C@@H]1CO[C@H]1C[C@H](OC)[C@H](O)[C@@H](C)O1.COC. The molecule has 0 amide bonds. The lowest BCUT2D eigenvalue weighted by Crippen LogP contribution is -2.48. The van der Waals surface area contributed by atoms with Crippen molar-refractivity contribution in [2.45, 2.75) is 231 Å². The van der Waals surface area contributed by atoms with E-state index in [1.807, 2.05) is 94.3 Å². The van der Waals surface area contributed by atoms with Crippen LogP contribution in [0.4, 0.5) is 0 Å². The van der Waals surface area contributed by atoms with E-state index in [0.717, 1.165) is 37.5 Å².